The van der Waals surface area contributed by atoms with E-state index in [1.807, 2.05) is 0 Å². The summed E-state index contributed by atoms with van der Waals surface area (Å²) in [4.78, 5) is 41.0. The topological polar surface area (TPSA) is 364 Å². The number of ether oxygens (including phenoxy) is 12. The van der Waals surface area contributed by atoms with Gasteiger partial charge in [0, 0.05) is 57.1 Å². The summed E-state index contributed by atoms with van der Waals surface area (Å²) in [6, 6.07) is 3.02. The minimum Gasteiger partial charge on any atom is -0.507 e. The van der Waals surface area contributed by atoms with Gasteiger partial charge in [0.2, 0.25) is 6.29 Å². The lowest BCUT2D eigenvalue weighted by molar-refractivity contribution is -0.334. The van der Waals surface area contributed by atoms with Crippen LogP contribution in [0.2, 0.25) is 0 Å². The normalized spacial score (nSPS) is 40.9. The number of rotatable bonds is 17. The van der Waals surface area contributed by atoms with Crippen LogP contribution < -0.4 is 4.74 Å². The van der Waals surface area contributed by atoms with Gasteiger partial charge < -0.3 is 108 Å². The fourth-order valence-corrected chi connectivity index (χ4v) is 11.7. The number of aliphatic hydroxyl groups is 8. The minimum absolute atomic E-state index is 0.0586. The van der Waals surface area contributed by atoms with Crippen LogP contribution in [0, 0.1) is 12.8 Å². The summed E-state index contributed by atoms with van der Waals surface area (Å²) in [5.74, 6) is -4.62. The van der Waals surface area contributed by atoms with Gasteiger partial charge in [-0.2, -0.15) is 0 Å². The molecule has 25 atom stereocenters. The van der Waals surface area contributed by atoms with E-state index < -0.39 is 182 Å². The lowest BCUT2D eigenvalue weighted by Gasteiger charge is -2.46. The SMILES string of the molecule is CCC(=O)O[C@H]1[C@H](O)C[C@H](O[C@@H]2C[C@H](Oc3cc4cc5c(c(O)c4c(O)c3C)C(=O)[C@@H](O[C@H]3C[C@@H](O[C@H]4C[C@@H](O[C@H]6C[C@](C)(O)[C@H](O)[C@@H](C)O6)[C@@H](O)[C@@H](C)O4)[C@H](O)[C@@H](C)O3)[C@H]([C@H](OC)C(=O)[C@@H](O)[C@@H](C)O)C5)O[C@H](C)[C@H]2O)O[C@@H]1C. The number of aromatic hydroxyl groups is 2. The molecular formula is C55H80O25. The summed E-state index contributed by atoms with van der Waals surface area (Å²) in [6.07, 6.45) is -27.0. The average molecular weight is 1140 g/mol. The first-order valence-corrected chi connectivity index (χ1v) is 27.5. The lowest BCUT2D eigenvalue weighted by Crippen LogP contribution is -2.58. The van der Waals surface area contributed by atoms with Gasteiger partial charge in [-0.3, -0.25) is 14.4 Å². The number of carbonyl (C=O) groups is 3. The molecule has 0 aromatic heterocycles. The standard InChI is InChI=1S/C55H80O25/c1-11-35(58)79-51-25(7)73-36(15-30(51)57)76-32-16-37(70-22(4)45(32)61)75-31-14-28-12-27-13-29(52(69-10)50(66)44(60)21(3)56)53(49(65)42(27)48(64)41(28)43(59)20(31)2)80-39-18-33(46(62)24(6)72-39)77-38-17-34(47(63)23(5)71-38)78-40-19-55(9,68)54(67)26(8)74-40/h12,14,21-26,29-30,32-34,36-40,44-47,51-54,56-57,59-64,67-68H,11,13,15-19H2,1-10H3/t21-,22-,23-,24-,25-,26-,29+,30-,32-,33-,34-,36+,37+,38+,39+,40+,44+,45-,46-,47+,51-,52+,53+,54-,55+/m1/s1. The van der Waals surface area contributed by atoms with E-state index in [1.54, 1.807) is 34.6 Å². The zero-order valence-electron chi connectivity index (χ0n) is 46.6. The lowest BCUT2D eigenvalue weighted by atomic mass is 9.75. The van der Waals surface area contributed by atoms with Crippen molar-refractivity contribution >= 4 is 28.3 Å². The molecule has 2 aromatic carbocycles. The van der Waals surface area contributed by atoms with Gasteiger partial charge >= 0.3 is 5.97 Å². The molecule has 1 aliphatic carbocycles. The maximum atomic E-state index is 15.1. The van der Waals surface area contributed by atoms with Gasteiger partial charge in [-0.1, -0.05) is 6.92 Å². The van der Waals surface area contributed by atoms with Crippen molar-refractivity contribution in [2.45, 2.75) is 254 Å². The molecule has 5 aliphatic heterocycles. The van der Waals surface area contributed by atoms with Crippen LogP contribution in [0.15, 0.2) is 12.1 Å². The van der Waals surface area contributed by atoms with E-state index in [9.17, 15) is 60.7 Å². The highest BCUT2D eigenvalue weighted by atomic mass is 16.7. The highest BCUT2D eigenvalue weighted by Gasteiger charge is 2.52. The molecule has 25 heteroatoms. The highest BCUT2D eigenvalue weighted by molar-refractivity contribution is 6.11. The van der Waals surface area contributed by atoms with Crippen LogP contribution in [0.5, 0.6) is 17.2 Å². The number of fused-ring (bicyclic) bond motifs is 2. The Morgan fingerprint density at radius 1 is 0.725 bits per heavy atom. The largest absolute Gasteiger partial charge is 0.507 e. The summed E-state index contributed by atoms with van der Waals surface area (Å²) in [5, 5.41) is 111. The number of phenols is 2. The van der Waals surface area contributed by atoms with Crippen molar-refractivity contribution in [2.75, 3.05) is 7.11 Å². The number of phenolic OH excluding ortho intramolecular Hbond substituents is 2. The highest BCUT2D eigenvalue weighted by Crippen LogP contribution is 2.48. The number of benzene rings is 2. The Morgan fingerprint density at radius 2 is 1.24 bits per heavy atom. The summed E-state index contributed by atoms with van der Waals surface area (Å²) in [7, 11) is 1.18. The van der Waals surface area contributed by atoms with Crippen LogP contribution in [-0.2, 0) is 68.1 Å². The Labute approximate surface area is 462 Å². The van der Waals surface area contributed by atoms with Crippen molar-refractivity contribution in [1.82, 2.24) is 0 Å². The molecule has 8 rings (SSSR count). The van der Waals surface area contributed by atoms with Crippen molar-refractivity contribution in [3.63, 3.8) is 0 Å². The van der Waals surface area contributed by atoms with Crippen LogP contribution in [0.1, 0.15) is 115 Å². The van der Waals surface area contributed by atoms with Crippen molar-refractivity contribution < 1.29 is 122 Å². The number of esters is 1. The molecule has 6 aliphatic rings. The molecule has 0 radical (unpaired) electrons. The Kier molecular flexibility index (Phi) is 19.6. The predicted molar refractivity (Wildman–Crippen MR) is 273 cm³/mol. The van der Waals surface area contributed by atoms with E-state index in [4.69, 9.17) is 56.8 Å². The van der Waals surface area contributed by atoms with Crippen LogP contribution in [0.3, 0.4) is 0 Å². The number of hydrogen-bond donors (Lipinski definition) is 10. The molecule has 0 amide bonds. The molecule has 0 saturated carbocycles. The van der Waals surface area contributed by atoms with Crippen molar-refractivity contribution in [2.24, 2.45) is 5.92 Å². The van der Waals surface area contributed by atoms with Crippen molar-refractivity contribution in [3.8, 4) is 17.2 Å². The third kappa shape index (κ3) is 12.9. The van der Waals surface area contributed by atoms with Gasteiger partial charge in [-0.15, -0.1) is 0 Å². The molecule has 0 spiro atoms. The number of hydrogen-bond acceptors (Lipinski definition) is 25. The van der Waals surface area contributed by atoms with Gasteiger partial charge in [-0.05, 0) is 84.9 Å². The van der Waals surface area contributed by atoms with Crippen LogP contribution in [0.25, 0.3) is 10.8 Å². The van der Waals surface area contributed by atoms with Crippen molar-refractivity contribution in [1.29, 1.82) is 0 Å². The second-order valence-electron chi connectivity index (χ2n) is 22.5. The molecule has 5 fully saturated rings. The van der Waals surface area contributed by atoms with E-state index in [0.29, 0.717) is 0 Å². The van der Waals surface area contributed by atoms with E-state index in [1.165, 1.54) is 46.9 Å². The second kappa shape index (κ2) is 25.2. The summed E-state index contributed by atoms with van der Waals surface area (Å²) in [6.45, 7) is 13.7. The molecular weight excluding hydrogens is 1060 g/mol. The van der Waals surface area contributed by atoms with Gasteiger partial charge in [-0.25, -0.2) is 0 Å². The quantitative estimate of drug-likeness (QED) is 0.0975. The molecule has 450 valence electrons. The Bertz CT molecular complexity index is 2500. The maximum absolute atomic E-state index is 15.1. The molecule has 10 N–H and O–H groups in total. The van der Waals surface area contributed by atoms with E-state index >= 15 is 4.79 Å². The van der Waals surface area contributed by atoms with Crippen molar-refractivity contribution in [3.05, 3.63) is 28.8 Å². The molecule has 80 heavy (non-hydrogen) atoms. The van der Waals surface area contributed by atoms with E-state index in [-0.39, 0.29) is 78.2 Å². The Balaban J connectivity index is 1.03. The van der Waals surface area contributed by atoms with Gasteiger partial charge in [0.25, 0.3) is 0 Å². The molecule has 2 aromatic rings. The first-order valence-electron chi connectivity index (χ1n) is 27.5. The van der Waals surface area contributed by atoms with Gasteiger partial charge in [0.15, 0.2) is 42.8 Å². The number of methoxy groups -OCH3 is 1. The first kappa shape index (κ1) is 62.2. The smallest absolute Gasteiger partial charge is 0.305 e. The third-order valence-electron chi connectivity index (χ3n) is 16.4. The zero-order valence-corrected chi connectivity index (χ0v) is 46.6. The fraction of sp³-hybridized carbons (Fsp3) is 0.764. The first-order chi connectivity index (χ1) is 37.6. The number of Topliss-reactive ketones (excluding diaryl/α,β-unsaturated/α-hetero) is 2. The third-order valence-corrected chi connectivity index (χ3v) is 16.4. The average Bonchev–Trinajstić information content (AvgIpc) is 3.50. The Morgan fingerprint density at radius 3 is 1.77 bits per heavy atom. The zero-order chi connectivity index (χ0) is 58.6. The minimum atomic E-state index is -1.96. The number of carbonyl (C=O) groups excluding carboxylic acids is 3. The monoisotopic (exact) mass is 1140 g/mol. The number of aliphatic hydroxyl groups excluding tert-OH is 7. The van der Waals surface area contributed by atoms with E-state index in [2.05, 4.69) is 0 Å². The number of ketones is 2. The maximum Gasteiger partial charge on any atom is 0.305 e. The molecule has 5 heterocycles. The second-order valence-corrected chi connectivity index (χ2v) is 22.5. The summed E-state index contributed by atoms with van der Waals surface area (Å²) >= 11 is 0. The van der Waals surface area contributed by atoms with Crippen LogP contribution >= 0.6 is 0 Å². The van der Waals surface area contributed by atoms with Crippen LogP contribution in [0.4, 0.5) is 0 Å². The predicted octanol–water partition coefficient (Wildman–Crippen LogP) is 0.712. The summed E-state index contributed by atoms with van der Waals surface area (Å²) in [5.41, 5.74) is -1.50. The van der Waals surface area contributed by atoms with Gasteiger partial charge in [0.1, 0.15) is 60.0 Å². The molecule has 0 unspecified atom stereocenters. The molecule has 5 saturated heterocycles. The molecule has 25 nitrogen and oxygen atoms in total. The summed E-state index contributed by atoms with van der Waals surface area (Å²) < 4.78 is 72.3. The molecule has 0 bridgehead atoms. The van der Waals surface area contributed by atoms with Crippen LogP contribution in [-0.4, -0.2) is 223 Å². The van der Waals surface area contributed by atoms with Gasteiger partial charge in [0.05, 0.1) is 77.6 Å². The Hall–Kier alpha value is -3.81. The van der Waals surface area contributed by atoms with E-state index in [0.717, 1.165) is 0 Å². The fourth-order valence-electron chi connectivity index (χ4n) is 11.7.